The largest absolute Gasteiger partial charge is 0.508 e. The van der Waals surface area contributed by atoms with Crippen LogP contribution in [0.1, 0.15) is 84.2 Å². The number of carbonyl (C=O) groups is 2. The Morgan fingerprint density at radius 1 is 0.810 bits per heavy atom. The van der Waals surface area contributed by atoms with Crippen molar-refractivity contribution in [2.24, 2.45) is 0 Å². The first-order valence-electron chi connectivity index (χ1n) is 13.5. The minimum atomic E-state index is -2.52. The second-order valence-corrected chi connectivity index (χ2v) is 11.4. The van der Waals surface area contributed by atoms with Crippen molar-refractivity contribution in [3.8, 4) is 23.0 Å². The van der Waals surface area contributed by atoms with Crippen molar-refractivity contribution in [3.05, 3.63) is 62.7 Å². The van der Waals surface area contributed by atoms with Gasteiger partial charge < -0.3 is 49.6 Å². The van der Waals surface area contributed by atoms with Crippen LogP contribution in [0.5, 0.6) is 23.0 Å². The predicted octanol–water partition coefficient (Wildman–Crippen LogP) is 3.11. The first-order valence-corrected chi connectivity index (χ1v) is 13.5. The van der Waals surface area contributed by atoms with Gasteiger partial charge in [0.25, 0.3) is 5.79 Å². The van der Waals surface area contributed by atoms with Crippen LogP contribution in [0.4, 0.5) is 0 Å². The number of aromatic hydroxyl groups is 4. The van der Waals surface area contributed by atoms with Gasteiger partial charge in [0.15, 0.2) is 5.78 Å². The van der Waals surface area contributed by atoms with Gasteiger partial charge in [-0.1, -0.05) is 0 Å². The summed E-state index contributed by atoms with van der Waals surface area (Å²) in [5.41, 5.74) is -0.544. The van der Waals surface area contributed by atoms with E-state index >= 15 is 0 Å². The molecule has 2 aromatic rings. The molecule has 12 heteroatoms. The third-order valence-corrected chi connectivity index (χ3v) is 8.88. The quantitative estimate of drug-likeness (QED) is 0.250. The molecular weight excluding hydrogens is 552 g/mol. The fraction of sp³-hybridized carbons (Fsp3) is 0.400. The van der Waals surface area contributed by atoms with Crippen LogP contribution in [0.15, 0.2) is 29.4 Å². The van der Waals surface area contributed by atoms with Gasteiger partial charge in [0.1, 0.15) is 47.1 Å². The lowest BCUT2D eigenvalue weighted by atomic mass is 9.74. The summed E-state index contributed by atoms with van der Waals surface area (Å²) in [4.78, 5) is 27.6. The standard InChI is InChI=1S/C30H28O12/c1-8-17-21(24(35)10(3)39-8)27(38)23-20(26(17)37)15(33)7-16(34)30(23)41-28-11(4)40-9(2)18-22(28)29(42-30)13-5-12(31)6-14(32)19(13)25(18)36/h5-11,24,28-29,31-33,35,37-38H,1-4H3. The summed E-state index contributed by atoms with van der Waals surface area (Å²) in [7, 11) is 0. The summed E-state index contributed by atoms with van der Waals surface area (Å²) >= 11 is 0. The van der Waals surface area contributed by atoms with Gasteiger partial charge in [-0.15, -0.1) is 0 Å². The molecule has 3 heterocycles. The van der Waals surface area contributed by atoms with E-state index in [4.69, 9.17) is 18.9 Å². The monoisotopic (exact) mass is 580 g/mol. The van der Waals surface area contributed by atoms with Crippen LogP contribution in [-0.4, -0.2) is 66.6 Å². The second-order valence-electron chi connectivity index (χ2n) is 11.4. The fourth-order valence-electron chi connectivity index (χ4n) is 7.15. The summed E-state index contributed by atoms with van der Waals surface area (Å²) in [5, 5.41) is 66.3. The molecule has 1 spiro atoms. The summed E-state index contributed by atoms with van der Waals surface area (Å²) in [6.07, 6.45) is -6.15. The first-order chi connectivity index (χ1) is 19.8. The van der Waals surface area contributed by atoms with Crippen LogP contribution < -0.4 is 0 Å². The van der Waals surface area contributed by atoms with Crippen molar-refractivity contribution in [3.63, 3.8) is 0 Å². The van der Waals surface area contributed by atoms with Crippen molar-refractivity contribution in [1.29, 1.82) is 0 Å². The molecule has 220 valence electrons. The molecule has 2 aromatic carbocycles. The van der Waals surface area contributed by atoms with Crippen molar-refractivity contribution in [1.82, 2.24) is 0 Å². The number of hydrogen-bond acceptors (Lipinski definition) is 12. The normalized spacial score (nSPS) is 34.9. The van der Waals surface area contributed by atoms with Gasteiger partial charge in [0, 0.05) is 40.0 Å². The van der Waals surface area contributed by atoms with Gasteiger partial charge in [-0.2, -0.15) is 0 Å². The van der Waals surface area contributed by atoms with Gasteiger partial charge in [-0.05, 0) is 33.8 Å². The fourth-order valence-corrected chi connectivity index (χ4v) is 7.15. The first kappa shape index (κ1) is 26.9. The van der Waals surface area contributed by atoms with E-state index in [2.05, 4.69) is 0 Å². The number of fused-ring (bicyclic) bond motifs is 5. The second kappa shape index (κ2) is 8.55. The highest BCUT2D eigenvalue weighted by Crippen LogP contribution is 2.60. The van der Waals surface area contributed by atoms with Crippen molar-refractivity contribution < 1.29 is 59.2 Å². The van der Waals surface area contributed by atoms with E-state index in [-0.39, 0.29) is 39.1 Å². The zero-order chi connectivity index (χ0) is 30.2. The lowest BCUT2D eigenvalue weighted by Gasteiger charge is -2.52. The molecule has 1 saturated heterocycles. The number of aliphatic hydroxyl groups excluding tert-OH is 2. The number of hydrogen-bond donors (Lipinski definition) is 6. The summed E-state index contributed by atoms with van der Waals surface area (Å²) < 4.78 is 24.5. The Morgan fingerprint density at radius 3 is 2.21 bits per heavy atom. The molecular formula is C30H28O12. The van der Waals surface area contributed by atoms with Crippen LogP contribution in [0.2, 0.25) is 0 Å². The number of rotatable bonds is 0. The summed E-state index contributed by atoms with van der Waals surface area (Å²) in [6, 6.07) is 2.24. The van der Waals surface area contributed by atoms with Crippen LogP contribution in [0.3, 0.4) is 0 Å². The van der Waals surface area contributed by atoms with E-state index in [9.17, 15) is 40.2 Å². The molecule has 8 unspecified atom stereocenters. The maximum Gasteiger partial charge on any atom is 0.266 e. The highest BCUT2D eigenvalue weighted by Gasteiger charge is 2.62. The summed E-state index contributed by atoms with van der Waals surface area (Å²) in [6.45, 7) is 6.49. The Hall–Kier alpha value is -3.94. The number of ether oxygens (including phenoxy) is 4. The number of carbonyl (C=O) groups excluding carboxylic acids is 2. The average Bonchev–Trinajstić information content (AvgIpc) is 2.90. The minimum absolute atomic E-state index is 0.0200. The molecule has 0 aromatic heterocycles. The predicted molar refractivity (Wildman–Crippen MR) is 141 cm³/mol. The molecule has 0 radical (unpaired) electrons. The maximum absolute atomic E-state index is 13.9. The Balaban J connectivity index is 1.55. The van der Waals surface area contributed by atoms with E-state index < -0.39 is 88.7 Å². The number of benzene rings is 2. The Labute approximate surface area is 238 Å². The minimum Gasteiger partial charge on any atom is -0.508 e. The third kappa shape index (κ3) is 3.18. The van der Waals surface area contributed by atoms with Gasteiger partial charge >= 0.3 is 0 Å². The molecule has 2 aliphatic carbocycles. The smallest absolute Gasteiger partial charge is 0.266 e. The van der Waals surface area contributed by atoms with Gasteiger partial charge in [0.05, 0.1) is 41.1 Å². The molecule has 0 bridgehead atoms. The SMILES string of the molecule is CC1OC(C)C2OC3(OC4C2=C1C(=O)c1c(O)cc(O)cc14)C(=O)C=C(O)c1c(O)c2c(c(O)c13)C(O)C(C)OC2C. The number of phenols is 4. The van der Waals surface area contributed by atoms with Crippen LogP contribution in [0.25, 0.3) is 5.76 Å². The van der Waals surface area contributed by atoms with Gasteiger partial charge in [-0.3, -0.25) is 9.59 Å². The average molecular weight is 581 g/mol. The topological polar surface area (TPSA) is 192 Å². The molecule has 5 aliphatic rings. The van der Waals surface area contributed by atoms with Crippen molar-refractivity contribution >= 4 is 17.3 Å². The Bertz CT molecular complexity index is 1690. The highest BCUT2D eigenvalue weighted by molar-refractivity contribution is 6.14. The van der Waals surface area contributed by atoms with Gasteiger partial charge in [0.2, 0.25) is 5.78 Å². The van der Waals surface area contributed by atoms with E-state index in [0.29, 0.717) is 5.57 Å². The highest BCUT2D eigenvalue weighted by atomic mass is 16.7. The van der Waals surface area contributed by atoms with Gasteiger partial charge in [-0.25, -0.2) is 0 Å². The molecule has 0 amide bonds. The number of ketones is 2. The Kier molecular flexibility index (Phi) is 5.48. The van der Waals surface area contributed by atoms with E-state index in [1.54, 1.807) is 27.7 Å². The lowest BCUT2D eigenvalue weighted by molar-refractivity contribution is -0.305. The number of aliphatic hydroxyl groups is 2. The van der Waals surface area contributed by atoms with E-state index in [1.165, 1.54) is 6.07 Å². The van der Waals surface area contributed by atoms with E-state index in [0.717, 1.165) is 12.1 Å². The molecule has 6 N–H and O–H groups in total. The third-order valence-electron chi connectivity index (χ3n) is 8.88. The molecule has 3 aliphatic heterocycles. The lowest BCUT2D eigenvalue weighted by Crippen LogP contribution is -2.58. The molecule has 1 fully saturated rings. The number of Topliss-reactive ketones (excluding diaryl/α,β-unsaturated/α-hetero) is 1. The molecule has 7 rings (SSSR count). The van der Waals surface area contributed by atoms with E-state index in [1.807, 2.05) is 0 Å². The molecule has 42 heavy (non-hydrogen) atoms. The molecule has 8 atom stereocenters. The zero-order valence-corrected chi connectivity index (χ0v) is 22.9. The van der Waals surface area contributed by atoms with Crippen molar-refractivity contribution in [2.45, 2.75) is 76.2 Å². The molecule has 12 nitrogen and oxygen atoms in total. The van der Waals surface area contributed by atoms with Crippen LogP contribution in [-0.2, 0) is 29.5 Å². The zero-order valence-electron chi connectivity index (χ0n) is 22.9. The molecule has 0 saturated carbocycles. The number of phenolic OH excluding ortho intramolecular Hbond substituents is 4. The van der Waals surface area contributed by atoms with Crippen LogP contribution in [0, 0.1) is 0 Å². The Morgan fingerprint density at radius 2 is 1.50 bits per heavy atom. The van der Waals surface area contributed by atoms with Crippen LogP contribution >= 0.6 is 0 Å². The van der Waals surface area contributed by atoms with Crippen molar-refractivity contribution in [2.75, 3.05) is 0 Å². The summed E-state index contributed by atoms with van der Waals surface area (Å²) in [5.74, 6) is -6.81. The maximum atomic E-state index is 13.9.